The molecule has 1 aliphatic carbocycles. The summed E-state index contributed by atoms with van der Waals surface area (Å²) in [6.07, 6.45) is 3.97. The summed E-state index contributed by atoms with van der Waals surface area (Å²) < 4.78 is 13.2. The van der Waals surface area contributed by atoms with E-state index in [0.29, 0.717) is 11.5 Å². The molecule has 7 heteroatoms. The Kier molecular flexibility index (Phi) is 5.04. The molecule has 6 nitrogen and oxygen atoms in total. The van der Waals surface area contributed by atoms with Gasteiger partial charge >= 0.3 is 0 Å². The summed E-state index contributed by atoms with van der Waals surface area (Å²) in [5, 5.41) is 0. The molecule has 0 bridgehead atoms. The molecule has 1 aliphatic heterocycles. The smallest absolute Gasteiger partial charge is 0.150 e. The van der Waals surface area contributed by atoms with Gasteiger partial charge in [-0.05, 0) is 55.7 Å². The maximum absolute atomic E-state index is 13.3. The summed E-state index contributed by atoms with van der Waals surface area (Å²) in [5.41, 5.74) is 2.39. The van der Waals surface area contributed by atoms with Crippen LogP contribution in [-0.2, 0) is 27.8 Å². The average Bonchev–Trinajstić information content (AvgIpc) is 2.77. The van der Waals surface area contributed by atoms with E-state index in [1.165, 1.54) is 12.1 Å². The van der Waals surface area contributed by atoms with E-state index in [-0.39, 0.29) is 36.6 Å². The third-order valence-electron chi connectivity index (χ3n) is 6.37. The largest absolute Gasteiger partial charge is 0.325 e. The van der Waals surface area contributed by atoms with E-state index >= 15 is 0 Å². The highest BCUT2D eigenvalue weighted by molar-refractivity contribution is 6.05. The molecule has 0 unspecified atom stereocenters. The fourth-order valence-corrected chi connectivity index (χ4v) is 4.65. The summed E-state index contributed by atoms with van der Waals surface area (Å²) in [6, 6.07) is 11.7. The second kappa shape index (κ2) is 7.89. The van der Waals surface area contributed by atoms with Crippen molar-refractivity contribution in [2.45, 2.75) is 44.4 Å². The minimum atomic E-state index is -0.895. The number of aryl methyl sites for hydroxylation is 2. The Morgan fingerprint density at radius 3 is 2.59 bits per heavy atom. The normalized spacial score (nSPS) is 16.9. The van der Waals surface area contributed by atoms with Crippen LogP contribution in [0.3, 0.4) is 0 Å². The van der Waals surface area contributed by atoms with Crippen molar-refractivity contribution in [3.8, 4) is 0 Å². The van der Waals surface area contributed by atoms with Gasteiger partial charge < -0.3 is 4.90 Å². The molecule has 2 aliphatic rings. The monoisotopic (exact) mass is 430 g/mol. The van der Waals surface area contributed by atoms with E-state index in [1.807, 2.05) is 25.1 Å². The fraction of sp³-hybridized carbons (Fsp3) is 0.320. The first-order chi connectivity index (χ1) is 15.4. The number of anilines is 2. The van der Waals surface area contributed by atoms with Crippen LogP contribution in [0, 0.1) is 12.7 Å². The fourth-order valence-electron chi connectivity index (χ4n) is 4.65. The van der Waals surface area contributed by atoms with Crippen molar-refractivity contribution in [3.63, 3.8) is 0 Å². The number of fused-ring (bicyclic) bond motifs is 1. The third-order valence-corrected chi connectivity index (χ3v) is 6.37. The van der Waals surface area contributed by atoms with Crippen LogP contribution in [0.1, 0.15) is 42.0 Å². The molecule has 1 aromatic carbocycles. The van der Waals surface area contributed by atoms with Gasteiger partial charge in [0.15, 0.2) is 0 Å². The molecule has 3 heterocycles. The third kappa shape index (κ3) is 3.57. The molecule has 0 N–H and O–H groups in total. The van der Waals surface area contributed by atoms with Gasteiger partial charge in [0.2, 0.25) is 0 Å². The summed E-state index contributed by atoms with van der Waals surface area (Å²) in [4.78, 5) is 41.1. The van der Waals surface area contributed by atoms with E-state index < -0.39 is 5.41 Å². The Labute approximate surface area is 185 Å². The maximum Gasteiger partial charge on any atom is 0.150 e. The Hall–Kier alpha value is -3.48. The van der Waals surface area contributed by atoms with Gasteiger partial charge in [0.1, 0.15) is 29.0 Å². The number of carbonyl (C=O) groups excluding carboxylic acids is 2. The summed E-state index contributed by atoms with van der Waals surface area (Å²) >= 11 is 0. The van der Waals surface area contributed by atoms with E-state index in [1.54, 1.807) is 18.3 Å². The average molecular weight is 430 g/mol. The molecule has 2 aromatic heterocycles. The quantitative estimate of drug-likeness (QED) is 0.613. The number of carbonyl (C=O) groups is 2. The van der Waals surface area contributed by atoms with Gasteiger partial charge in [0, 0.05) is 32.0 Å². The van der Waals surface area contributed by atoms with Crippen molar-refractivity contribution >= 4 is 23.1 Å². The lowest BCUT2D eigenvalue weighted by Gasteiger charge is -2.39. The van der Waals surface area contributed by atoms with Gasteiger partial charge in [-0.2, -0.15) is 0 Å². The molecule has 1 fully saturated rings. The van der Waals surface area contributed by atoms with Crippen LogP contribution in [0.25, 0.3) is 0 Å². The predicted molar refractivity (Wildman–Crippen MR) is 117 cm³/mol. The first kappa shape index (κ1) is 20.4. The molecule has 32 heavy (non-hydrogen) atoms. The minimum Gasteiger partial charge on any atom is -0.325 e. The van der Waals surface area contributed by atoms with E-state index in [4.69, 9.17) is 4.98 Å². The lowest BCUT2D eigenvalue weighted by Crippen LogP contribution is -2.49. The van der Waals surface area contributed by atoms with Crippen LogP contribution < -0.4 is 4.90 Å². The van der Waals surface area contributed by atoms with Crippen LogP contribution in [0.5, 0.6) is 0 Å². The number of ketones is 2. The van der Waals surface area contributed by atoms with Gasteiger partial charge in [-0.25, -0.2) is 14.4 Å². The number of pyridine rings is 1. The van der Waals surface area contributed by atoms with Crippen LogP contribution >= 0.6 is 0 Å². The molecule has 1 saturated carbocycles. The number of rotatable bonds is 5. The number of Topliss-reactive ketones (excluding diaryl/α,β-unsaturated/α-hetero) is 2. The molecule has 162 valence electrons. The van der Waals surface area contributed by atoms with Gasteiger partial charge in [-0.15, -0.1) is 0 Å². The molecule has 0 radical (unpaired) electrons. The zero-order valence-electron chi connectivity index (χ0n) is 17.8. The Bertz CT molecular complexity index is 1200. The van der Waals surface area contributed by atoms with Crippen molar-refractivity contribution in [2.75, 3.05) is 11.4 Å². The Morgan fingerprint density at radius 2 is 1.88 bits per heavy atom. The zero-order chi connectivity index (χ0) is 22.3. The SMILES string of the molecule is Cc1nccc(N2CCCc3nc(C4(C(=O)Cc5ccc(F)cc5)CC(=O)C4)ccc32)n1. The lowest BCUT2D eigenvalue weighted by atomic mass is 9.62. The minimum absolute atomic E-state index is 0.0461. The van der Waals surface area contributed by atoms with Crippen molar-refractivity contribution in [1.29, 1.82) is 0 Å². The number of aromatic nitrogens is 3. The topological polar surface area (TPSA) is 76.1 Å². The number of hydrogen-bond donors (Lipinski definition) is 0. The van der Waals surface area contributed by atoms with E-state index in [9.17, 15) is 14.0 Å². The van der Waals surface area contributed by atoms with Gasteiger partial charge in [0.05, 0.1) is 22.5 Å². The highest BCUT2D eigenvalue weighted by Gasteiger charge is 2.51. The first-order valence-electron chi connectivity index (χ1n) is 10.8. The summed E-state index contributed by atoms with van der Waals surface area (Å²) in [5.74, 6) is 1.21. The second-order valence-corrected chi connectivity index (χ2v) is 8.58. The van der Waals surface area contributed by atoms with Crippen LogP contribution in [-0.4, -0.2) is 33.1 Å². The number of nitrogens with zero attached hydrogens (tertiary/aromatic N) is 4. The van der Waals surface area contributed by atoms with E-state index in [2.05, 4.69) is 14.9 Å². The van der Waals surface area contributed by atoms with Crippen LogP contribution in [0.15, 0.2) is 48.7 Å². The summed E-state index contributed by atoms with van der Waals surface area (Å²) in [6.45, 7) is 2.69. The Balaban J connectivity index is 1.47. The van der Waals surface area contributed by atoms with Crippen LogP contribution in [0.2, 0.25) is 0 Å². The first-order valence-corrected chi connectivity index (χ1v) is 10.8. The van der Waals surface area contributed by atoms with Crippen LogP contribution in [0.4, 0.5) is 15.9 Å². The molecular weight excluding hydrogens is 407 g/mol. The molecule has 0 atom stereocenters. The molecule has 0 amide bonds. The highest BCUT2D eigenvalue weighted by atomic mass is 19.1. The predicted octanol–water partition coefficient (Wildman–Crippen LogP) is 3.82. The molecule has 0 saturated heterocycles. The van der Waals surface area contributed by atoms with Gasteiger partial charge in [-0.3, -0.25) is 14.6 Å². The maximum atomic E-state index is 13.3. The van der Waals surface area contributed by atoms with Crippen molar-refractivity contribution in [3.05, 3.63) is 77.3 Å². The number of benzene rings is 1. The standard InChI is InChI=1S/C25H23FN4O2/c1-16-27-11-10-24(28-16)30-12-2-3-20-21(30)8-9-22(29-20)25(14-19(31)15-25)23(32)13-17-4-6-18(26)7-5-17/h4-11H,2-3,12-15H2,1H3. The molecule has 3 aromatic rings. The van der Waals surface area contributed by atoms with E-state index in [0.717, 1.165) is 42.1 Å². The van der Waals surface area contributed by atoms with Crippen molar-refractivity contribution < 1.29 is 14.0 Å². The Morgan fingerprint density at radius 1 is 1.09 bits per heavy atom. The summed E-state index contributed by atoms with van der Waals surface area (Å²) in [7, 11) is 0. The molecule has 5 rings (SSSR count). The van der Waals surface area contributed by atoms with Gasteiger partial charge in [-0.1, -0.05) is 12.1 Å². The molecular formula is C25H23FN4O2. The number of halogens is 1. The zero-order valence-corrected chi connectivity index (χ0v) is 17.8. The lowest BCUT2D eigenvalue weighted by molar-refractivity contribution is -0.139. The van der Waals surface area contributed by atoms with Gasteiger partial charge in [0.25, 0.3) is 0 Å². The number of hydrogen-bond acceptors (Lipinski definition) is 6. The van der Waals surface area contributed by atoms with Crippen molar-refractivity contribution in [1.82, 2.24) is 15.0 Å². The highest BCUT2D eigenvalue weighted by Crippen LogP contribution is 2.43. The second-order valence-electron chi connectivity index (χ2n) is 8.58. The van der Waals surface area contributed by atoms with Crippen molar-refractivity contribution in [2.24, 2.45) is 0 Å². The molecule has 0 spiro atoms.